The Balaban J connectivity index is 2.06. The first-order chi connectivity index (χ1) is 9.33. The quantitative estimate of drug-likeness (QED) is 0.375. The van der Waals surface area contributed by atoms with E-state index in [0.717, 1.165) is 12.8 Å². The Morgan fingerprint density at radius 3 is 2.11 bits per heavy atom. The fraction of sp³-hybridized carbons (Fsp3) is 0.474. The van der Waals surface area contributed by atoms with E-state index in [-0.39, 0.29) is 0 Å². The SMILES string of the molecule is CCCCC/C=C/CC/C=C/Cc1ccc(C)cc1. The van der Waals surface area contributed by atoms with Crippen molar-refractivity contribution in [1.82, 2.24) is 0 Å². The molecule has 0 aromatic heterocycles. The molecule has 0 amide bonds. The van der Waals surface area contributed by atoms with Crippen molar-refractivity contribution in [2.45, 2.75) is 58.8 Å². The molecule has 0 atom stereocenters. The Morgan fingerprint density at radius 1 is 0.789 bits per heavy atom. The zero-order valence-corrected chi connectivity index (χ0v) is 12.6. The van der Waals surface area contributed by atoms with Gasteiger partial charge in [-0.3, -0.25) is 0 Å². The van der Waals surface area contributed by atoms with Crippen LogP contribution in [0.15, 0.2) is 48.6 Å². The normalized spacial score (nSPS) is 11.7. The van der Waals surface area contributed by atoms with Gasteiger partial charge in [0.25, 0.3) is 0 Å². The molecule has 0 radical (unpaired) electrons. The van der Waals surface area contributed by atoms with Crippen LogP contribution in [0.1, 0.15) is 56.6 Å². The second-order valence-electron chi connectivity index (χ2n) is 5.21. The molecule has 0 aliphatic carbocycles. The van der Waals surface area contributed by atoms with Crippen LogP contribution in [0.4, 0.5) is 0 Å². The molecule has 0 spiro atoms. The molecule has 0 aliphatic rings. The summed E-state index contributed by atoms with van der Waals surface area (Å²) in [5.41, 5.74) is 2.73. The molecule has 0 aliphatic heterocycles. The van der Waals surface area contributed by atoms with Gasteiger partial charge in [-0.15, -0.1) is 0 Å². The number of allylic oxidation sites excluding steroid dienone is 4. The minimum Gasteiger partial charge on any atom is -0.0885 e. The maximum Gasteiger partial charge on any atom is -0.00975 e. The number of unbranched alkanes of at least 4 members (excludes halogenated alkanes) is 4. The standard InChI is InChI=1S/C19H28/c1-3-4-5-6-7-8-9-10-11-12-13-19-16-14-18(2)15-17-19/h7-8,11-12,14-17H,3-6,9-10,13H2,1-2H3/b8-7+,12-11+. The highest BCUT2D eigenvalue weighted by atomic mass is 13.9. The summed E-state index contributed by atoms with van der Waals surface area (Å²) < 4.78 is 0. The summed E-state index contributed by atoms with van der Waals surface area (Å²) in [6.07, 6.45) is 17.9. The van der Waals surface area contributed by atoms with Gasteiger partial charge >= 0.3 is 0 Å². The average molecular weight is 256 g/mol. The van der Waals surface area contributed by atoms with Crippen LogP contribution >= 0.6 is 0 Å². The van der Waals surface area contributed by atoms with Crippen molar-refractivity contribution in [3.8, 4) is 0 Å². The Hall–Kier alpha value is -1.30. The van der Waals surface area contributed by atoms with Gasteiger partial charge < -0.3 is 0 Å². The predicted octanol–water partition coefficient (Wildman–Crippen LogP) is 6.01. The van der Waals surface area contributed by atoms with Crippen LogP contribution in [0.25, 0.3) is 0 Å². The minimum absolute atomic E-state index is 1.06. The number of aryl methyl sites for hydroxylation is 1. The largest absolute Gasteiger partial charge is 0.0885 e. The monoisotopic (exact) mass is 256 g/mol. The van der Waals surface area contributed by atoms with Gasteiger partial charge in [0.2, 0.25) is 0 Å². The van der Waals surface area contributed by atoms with Gasteiger partial charge in [-0.05, 0) is 44.6 Å². The molecular formula is C19H28. The van der Waals surface area contributed by atoms with Crippen molar-refractivity contribution in [2.75, 3.05) is 0 Å². The van der Waals surface area contributed by atoms with E-state index in [9.17, 15) is 0 Å². The first-order valence-electron chi connectivity index (χ1n) is 7.68. The number of hydrogen-bond acceptors (Lipinski definition) is 0. The maximum atomic E-state index is 2.34. The Morgan fingerprint density at radius 2 is 1.42 bits per heavy atom. The highest BCUT2D eigenvalue weighted by Crippen LogP contribution is 2.05. The van der Waals surface area contributed by atoms with Crippen molar-refractivity contribution in [3.63, 3.8) is 0 Å². The van der Waals surface area contributed by atoms with Crippen LogP contribution in [-0.2, 0) is 6.42 Å². The Bertz CT molecular complexity index is 368. The third-order valence-electron chi connectivity index (χ3n) is 3.28. The molecule has 0 nitrogen and oxygen atoms in total. The number of rotatable bonds is 9. The van der Waals surface area contributed by atoms with Crippen molar-refractivity contribution in [1.29, 1.82) is 0 Å². The molecule has 1 aromatic carbocycles. The third-order valence-corrected chi connectivity index (χ3v) is 3.28. The summed E-state index contributed by atoms with van der Waals surface area (Å²) in [4.78, 5) is 0. The molecule has 1 rings (SSSR count). The van der Waals surface area contributed by atoms with E-state index in [1.807, 2.05) is 0 Å². The van der Waals surface area contributed by atoms with Gasteiger partial charge in [-0.25, -0.2) is 0 Å². The lowest BCUT2D eigenvalue weighted by molar-refractivity contribution is 0.728. The van der Waals surface area contributed by atoms with Crippen LogP contribution in [0.2, 0.25) is 0 Å². The molecule has 1 aromatic rings. The van der Waals surface area contributed by atoms with Gasteiger partial charge in [0.1, 0.15) is 0 Å². The molecular weight excluding hydrogens is 228 g/mol. The van der Waals surface area contributed by atoms with Gasteiger partial charge in [-0.2, -0.15) is 0 Å². The second-order valence-corrected chi connectivity index (χ2v) is 5.21. The van der Waals surface area contributed by atoms with E-state index in [1.54, 1.807) is 0 Å². The van der Waals surface area contributed by atoms with Gasteiger partial charge in [0.05, 0.1) is 0 Å². The van der Waals surface area contributed by atoms with Crippen molar-refractivity contribution in [2.24, 2.45) is 0 Å². The molecule has 104 valence electrons. The fourth-order valence-corrected chi connectivity index (χ4v) is 2.00. The highest BCUT2D eigenvalue weighted by Gasteiger charge is 1.88. The molecule has 0 fully saturated rings. The molecule has 0 heteroatoms. The molecule has 0 saturated carbocycles. The summed E-state index contributed by atoms with van der Waals surface area (Å²) in [6, 6.07) is 8.80. The third kappa shape index (κ3) is 8.42. The van der Waals surface area contributed by atoms with Crippen LogP contribution in [0.5, 0.6) is 0 Å². The first-order valence-corrected chi connectivity index (χ1v) is 7.68. The summed E-state index contributed by atoms with van der Waals surface area (Å²) in [5, 5.41) is 0. The Kier molecular flexibility index (Phi) is 8.80. The zero-order chi connectivity index (χ0) is 13.8. The predicted molar refractivity (Wildman–Crippen MR) is 86.5 cm³/mol. The molecule has 0 saturated heterocycles. The Labute approximate surface area is 119 Å². The van der Waals surface area contributed by atoms with E-state index in [2.05, 4.69) is 62.4 Å². The molecule has 0 N–H and O–H groups in total. The van der Waals surface area contributed by atoms with E-state index >= 15 is 0 Å². The van der Waals surface area contributed by atoms with Crippen LogP contribution in [-0.4, -0.2) is 0 Å². The zero-order valence-electron chi connectivity index (χ0n) is 12.6. The second kappa shape index (κ2) is 10.6. The van der Waals surface area contributed by atoms with E-state index in [4.69, 9.17) is 0 Å². The van der Waals surface area contributed by atoms with Gasteiger partial charge in [0, 0.05) is 0 Å². The lowest BCUT2D eigenvalue weighted by Crippen LogP contribution is -1.80. The van der Waals surface area contributed by atoms with Crippen molar-refractivity contribution < 1.29 is 0 Å². The number of benzene rings is 1. The van der Waals surface area contributed by atoms with Crippen LogP contribution in [0.3, 0.4) is 0 Å². The topological polar surface area (TPSA) is 0 Å². The summed E-state index contributed by atoms with van der Waals surface area (Å²) in [7, 11) is 0. The fourth-order valence-electron chi connectivity index (χ4n) is 2.00. The molecule has 0 unspecified atom stereocenters. The van der Waals surface area contributed by atoms with E-state index in [1.165, 1.54) is 43.2 Å². The van der Waals surface area contributed by atoms with Crippen LogP contribution < -0.4 is 0 Å². The van der Waals surface area contributed by atoms with E-state index < -0.39 is 0 Å². The molecule has 19 heavy (non-hydrogen) atoms. The van der Waals surface area contributed by atoms with Gasteiger partial charge in [0.15, 0.2) is 0 Å². The molecule has 0 bridgehead atoms. The van der Waals surface area contributed by atoms with Crippen LogP contribution in [0, 0.1) is 6.92 Å². The lowest BCUT2D eigenvalue weighted by Gasteiger charge is -1.97. The maximum absolute atomic E-state index is 2.34. The first kappa shape index (κ1) is 15.8. The summed E-state index contributed by atoms with van der Waals surface area (Å²) >= 11 is 0. The minimum atomic E-state index is 1.06. The summed E-state index contributed by atoms with van der Waals surface area (Å²) in [5.74, 6) is 0. The highest BCUT2D eigenvalue weighted by molar-refractivity contribution is 5.23. The van der Waals surface area contributed by atoms with Crippen molar-refractivity contribution in [3.05, 3.63) is 59.7 Å². The van der Waals surface area contributed by atoms with E-state index in [0.29, 0.717) is 0 Å². The van der Waals surface area contributed by atoms with Gasteiger partial charge in [-0.1, -0.05) is 73.9 Å². The molecule has 0 heterocycles. The lowest BCUT2D eigenvalue weighted by atomic mass is 10.1. The number of hydrogen-bond donors (Lipinski definition) is 0. The average Bonchev–Trinajstić information content (AvgIpc) is 2.43. The van der Waals surface area contributed by atoms with Crippen molar-refractivity contribution >= 4 is 0 Å². The summed E-state index contributed by atoms with van der Waals surface area (Å²) in [6.45, 7) is 4.38. The smallest absolute Gasteiger partial charge is 0.00975 e.